The monoisotopic (exact) mass is 330 g/mol. The highest BCUT2D eigenvalue weighted by Crippen LogP contribution is 2.20. The summed E-state index contributed by atoms with van der Waals surface area (Å²) in [5.74, 6) is 0.534. The van der Waals surface area contributed by atoms with Crippen LogP contribution in [0.2, 0.25) is 0 Å². The molecular formula is C17H26N6O. The van der Waals surface area contributed by atoms with Crippen LogP contribution in [0.3, 0.4) is 0 Å². The molecule has 0 unspecified atom stereocenters. The van der Waals surface area contributed by atoms with E-state index in [2.05, 4.69) is 21.7 Å². The predicted octanol–water partition coefficient (Wildman–Crippen LogP) is 1.59. The van der Waals surface area contributed by atoms with E-state index in [0.29, 0.717) is 12.5 Å². The van der Waals surface area contributed by atoms with Gasteiger partial charge in [-0.15, -0.1) is 0 Å². The van der Waals surface area contributed by atoms with Crippen LogP contribution in [0.4, 0.5) is 4.79 Å². The Morgan fingerprint density at radius 1 is 1.33 bits per heavy atom. The van der Waals surface area contributed by atoms with E-state index in [4.69, 9.17) is 0 Å². The molecule has 2 aromatic rings. The molecule has 1 fully saturated rings. The van der Waals surface area contributed by atoms with Gasteiger partial charge in [-0.25, -0.2) is 4.79 Å². The number of carbonyl (C=O) groups excluding carboxylic acids is 1. The molecule has 0 saturated carbocycles. The van der Waals surface area contributed by atoms with Crippen LogP contribution >= 0.6 is 0 Å². The molecule has 0 bridgehead atoms. The molecule has 2 aromatic heterocycles. The first-order chi connectivity index (χ1) is 11.6. The maximum Gasteiger partial charge on any atom is 0.317 e. The Hall–Kier alpha value is -2.31. The van der Waals surface area contributed by atoms with Crippen LogP contribution < -0.4 is 5.32 Å². The lowest BCUT2D eigenvalue weighted by atomic mass is 10.0. The van der Waals surface area contributed by atoms with Crippen molar-refractivity contribution in [3.8, 4) is 0 Å². The van der Waals surface area contributed by atoms with Crippen LogP contribution in [0.15, 0.2) is 24.8 Å². The van der Waals surface area contributed by atoms with Crippen LogP contribution in [0.1, 0.15) is 24.0 Å². The van der Waals surface area contributed by atoms with E-state index in [1.807, 2.05) is 46.8 Å². The Balaban J connectivity index is 1.35. The molecule has 7 heteroatoms. The van der Waals surface area contributed by atoms with Crippen molar-refractivity contribution in [1.29, 1.82) is 0 Å². The van der Waals surface area contributed by atoms with Gasteiger partial charge in [-0.2, -0.15) is 10.2 Å². The zero-order valence-electron chi connectivity index (χ0n) is 14.5. The molecule has 0 spiro atoms. The van der Waals surface area contributed by atoms with Gasteiger partial charge in [-0.3, -0.25) is 9.36 Å². The molecule has 3 heterocycles. The molecule has 0 aromatic carbocycles. The third-order valence-electron chi connectivity index (χ3n) is 4.46. The molecule has 0 radical (unpaired) electrons. The van der Waals surface area contributed by atoms with E-state index >= 15 is 0 Å². The number of amides is 2. The molecule has 0 aliphatic carbocycles. The first kappa shape index (κ1) is 16.5. The number of nitrogens with one attached hydrogen (secondary N) is 1. The zero-order valence-corrected chi connectivity index (χ0v) is 14.5. The fourth-order valence-electron chi connectivity index (χ4n) is 3.23. The minimum absolute atomic E-state index is 0.0559. The van der Waals surface area contributed by atoms with E-state index in [1.165, 1.54) is 5.56 Å². The highest BCUT2D eigenvalue weighted by molar-refractivity contribution is 5.74. The number of hydrogen-bond acceptors (Lipinski definition) is 3. The van der Waals surface area contributed by atoms with Crippen LogP contribution in [-0.4, -0.2) is 50.1 Å². The predicted molar refractivity (Wildman–Crippen MR) is 91.6 cm³/mol. The van der Waals surface area contributed by atoms with Crippen LogP contribution in [-0.2, 0) is 20.0 Å². The van der Waals surface area contributed by atoms with Crippen molar-refractivity contribution in [3.05, 3.63) is 35.9 Å². The lowest BCUT2D eigenvalue weighted by molar-refractivity contribution is 0.206. The summed E-state index contributed by atoms with van der Waals surface area (Å²) in [6.45, 7) is 5.22. The van der Waals surface area contributed by atoms with Gasteiger partial charge >= 0.3 is 6.03 Å². The van der Waals surface area contributed by atoms with Crippen LogP contribution in [0, 0.1) is 12.8 Å². The topological polar surface area (TPSA) is 68.0 Å². The van der Waals surface area contributed by atoms with Crippen molar-refractivity contribution in [1.82, 2.24) is 29.8 Å². The van der Waals surface area contributed by atoms with Gasteiger partial charge in [0.2, 0.25) is 0 Å². The molecule has 2 amide bonds. The lowest BCUT2D eigenvalue weighted by Gasteiger charge is -2.17. The van der Waals surface area contributed by atoms with Gasteiger partial charge in [0, 0.05) is 45.6 Å². The number of rotatable bonds is 6. The molecule has 1 aliphatic heterocycles. The fourth-order valence-corrected chi connectivity index (χ4v) is 3.23. The van der Waals surface area contributed by atoms with Crippen molar-refractivity contribution in [2.24, 2.45) is 13.0 Å². The van der Waals surface area contributed by atoms with E-state index in [-0.39, 0.29) is 6.03 Å². The molecule has 1 saturated heterocycles. The number of nitrogens with zero attached hydrogens (tertiary/aromatic N) is 5. The summed E-state index contributed by atoms with van der Waals surface area (Å²) >= 11 is 0. The van der Waals surface area contributed by atoms with Crippen molar-refractivity contribution in [2.45, 2.75) is 32.7 Å². The summed E-state index contributed by atoms with van der Waals surface area (Å²) in [6.07, 6.45) is 10.8. The molecule has 1 N–H and O–H groups in total. The third kappa shape index (κ3) is 4.37. The highest BCUT2D eigenvalue weighted by Gasteiger charge is 2.26. The van der Waals surface area contributed by atoms with Gasteiger partial charge in [0.25, 0.3) is 0 Å². The van der Waals surface area contributed by atoms with E-state index in [9.17, 15) is 4.79 Å². The second-order valence-corrected chi connectivity index (χ2v) is 6.69. The quantitative estimate of drug-likeness (QED) is 0.818. The maximum absolute atomic E-state index is 12.2. The van der Waals surface area contributed by atoms with E-state index in [1.54, 1.807) is 0 Å². The molecular weight excluding hydrogens is 304 g/mol. The van der Waals surface area contributed by atoms with E-state index in [0.717, 1.165) is 44.5 Å². The molecule has 130 valence electrons. The standard InChI is InChI=1S/C17H26N6O/c1-14-9-20-23(11-14)6-3-5-18-17(24)22-7-4-15(13-22)8-16-10-19-21(2)12-16/h9-12,15H,3-8,13H2,1-2H3,(H,18,24)/t15-/m0/s1. The van der Waals surface area contributed by atoms with Gasteiger partial charge in [0.15, 0.2) is 0 Å². The normalized spacial score (nSPS) is 17.4. The van der Waals surface area contributed by atoms with Crippen LogP contribution in [0.5, 0.6) is 0 Å². The maximum atomic E-state index is 12.2. The Bertz CT molecular complexity index is 676. The second-order valence-electron chi connectivity index (χ2n) is 6.69. The van der Waals surface area contributed by atoms with Crippen molar-refractivity contribution < 1.29 is 4.79 Å². The van der Waals surface area contributed by atoms with Crippen molar-refractivity contribution in [3.63, 3.8) is 0 Å². The number of aryl methyl sites for hydroxylation is 3. The van der Waals surface area contributed by atoms with Gasteiger partial charge < -0.3 is 10.2 Å². The number of likely N-dealkylation sites (tertiary alicyclic amines) is 1. The minimum atomic E-state index is 0.0559. The zero-order chi connectivity index (χ0) is 16.9. The summed E-state index contributed by atoms with van der Waals surface area (Å²) in [4.78, 5) is 14.2. The second kappa shape index (κ2) is 7.51. The number of carbonyl (C=O) groups is 1. The minimum Gasteiger partial charge on any atom is -0.338 e. The Labute approximate surface area is 142 Å². The number of aromatic nitrogens is 4. The molecule has 7 nitrogen and oxygen atoms in total. The first-order valence-corrected chi connectivity index (χ1v) is 8.59. The SMILES string of the molecule is Cc1cnn(CCCNC(=O)N2CC[C@@H](Cc3cnn(C)c3)C2)c1. The molecule has 3 rings (SSSR count). The molecule has 24 heavy (non-hydrogen) atoms. The Kier molecular flexibility index (Phi) is 5.17. The highest BCUT2D eigenvalue weighted by atomic mass is 16.2. The summed E-state index contributed by atoms with van der Waals surface area (Å²) in [6, 6.07) is 0.0559. The number of urea groups is 1. The van der Waals surface area contributed by atoms with E-state index < -0.39 is 0 Å². The Morgan fingerprint density at radius 2 is 2.21 bits per heavy atom. The summed E-state index contributed by atoms with van der Waals surface area (Å²) < 4.78 is 3.75. The summed E-state index contributed by atoms with van der Waals surface area (Å²) in [7, 11) is 1.93. The summed E-state index contributed by atoms with van der Waals surface area (Å²) in [5.41, 5.74) is 2.41. The van der Waals surface area contributed by atoms with Crippen LogP contribution in [0.25, 0.3) is 0 Å². The Morgan fingerprint density at radius 3 is 2.92 bits per heavy atom. The average Bonchev–Trinajstić information content (AvgIpc) is 3.27. The van der Waals surface area contributed by atoms with Crippen molar-refractivity contribution >= 4 is 6.03 Å². The van der Waals surface area contributed by atoms with Crippen molar-refractivity contribution in [2.75, 3.05) is 19.6 Å². The van der Waals surface area contributed by atoms with Gasteiger partial charge in [0.05, 0.1) is 12.4 Å². The summed E-state index contributed by atoms with van der Waals surface area (Å²) in [5, 5.41) is 11.5. The van der Waals surface area contributed by atoms with Gasteiger partial charge in [-0.1, -0.05) is 0 Å². The fraction of sp³-hybridized carbons (Fsp3) is 0.588. The van der Waals surface area contributed by atoms with Gasteiger partial charge in [-0.05, 0) is 43.2 Å². The average molecular weight is 330 g/mol. The van der Waals surface area contributed by atoms with Gasteiger partial charge in [0.1, 0.15) is 0 Å². The largest absolute Gasteiger partial charge is 0.338 e. The first-order valence-electron chi connectivity index (χ1n) is 8.59. The molecule has 1 aliphatic rings. The smallest absolute Gasteiger partial charge is 0.317 e. The lowest BCUT2D eigenvalue weighted by Crippen LogP contribution is -2.39. The number of hydrogen-bond donors (Lipinski definition) is 1. The third-order valence-corrected chi connectivity index (χ3v) is 4.46. The molecule has 1 atom stereocenters.